The first-order valence-corrected chi connectivity index (χ1v) is 9.63. The molecule has 0 heterocycles. The lowest BCUT2D eigenvalue weighted by molar-refractivity contribution is -0.153. The molecule has 0 aromatic heterocycles. The Morgan fingerprint density at radius 3 is 2.52 bits per heavy atom. The minimum Gasteiger partial charge on any atom is -0.286 e. The van der Waals surface area contributed by atoms with Crippen molar-refractivity contribution in [2.24, 2.45) is 0 Å². The predicted molar refractivity (Wildman–Crippen MR) is 91.0 cm³/mol. The van der Waals surface area contributed by atoms with Crippen LogP contribution in [-0.2, 0) is 21.1 Å². The van der Waals surface area contributed by atoms with E-state index in [2.05, 4.69) is 6.92 Å². The Morgan fingerprint density at radius 1 is 1.26 bits per heavy atom. The van der Waals surface area contributed by atoms with E-state index < -0.39 is 15.7 Å². The molecule has 0 bridgehead atoms. The number of nitrogens with zero attached hydrogens (tertiary/aromatic N) is 1. The first-order valence-electron chi connectivity index (χ1n) is 7.74. The number of hydrogen-bond donors (Lipinski definition) is 1. The summed E-state index contributed by atoms with van der Waals surface area (Å²) >= 11 is 0. The normalized spacial score (nSPS) is 11.8. The molecule has 1 N–H and O–H groups in total. The third-order valence-corrected chi connectivity index (χ3v) is 4.76. The molecule has 0 radical (unpaired) electrons. The topological polar surface area (TPSA) is 74.7 Å². The zero-order chi connectivity index (χ0) is 17.5. The van der Waals surface area contributed by atoms with E-state index in [-0.39, 0.29) is 4.90 Å². The Kier molecular flexibility index (Phi) is 7.45. The molecule has 5 nitrogen and oxygen atoms in total. The van der Waals surface area contributed by atoms with Crippen molar-refractivity contribution in [2.45, 2.75) is 43.9 Å². The van der Waals surface area contributed by atoms with Crippen molar-refractivity contribution in [1.82, 2.24) is 5.06 Å². The second-order valence-corrected chi connectivity index (χ2v) is 7.57. The van der Waals surface area contributed by atoms with Gasteiger partial charge in [-0.25, -0.2) is 13.5 Å². The Hall–Kier alpha value is -1.66. The van der Waals surface area contributed by atoms with Crippen molar-refractivity contribution < 1.29 is 18.4 Å². The average Bonchev–Trinajstić information content (AvgIpc) is 2.47. The molecule has 0 aliphatic carbocycles. The molecule has 6 heteroatoms. The molecule has 1 aromatic rings. The van der Waals surface area contributed by atoms with Gasteiger partial charge in [-0.05, 0) is 30.0 Å². The molecular formula is C17H25NO4S. The summed E-state index contributed by atoms with van der Waals surface area (Å²) in [6, 6.07) is 5.27. The molecule has 0 spiro atoms. The number of unbranched alkanes of at least 4 members (excludes halogenated alkanes) is 3. The molecular weight excluding hydrogens is 314 g/mol. The van der Waals surface area contributed by atoms with Gasteiger partial charge >= 0.3 is 0 Å². The molecule has 0 fully saturated rings. The Bertz CT molecular complexity index is 663. The highest BCUT2D eigenvalue weighted by molar-refractivity contribution is 7.90. The summed E-state index contributed by atoms with van der Waals surface area (Å²) in [4.78, 5) is 11.7. The fourth-order valence-corrected chi connectivity index (χ4v) is 3.61. The van der Waals surface area contributed by atoms with Gasteiger partial charge in [-0.2, -0.15) is 0 Å². The number of aryl methyl sites for hydroxylation is 1. The number of hydrogen-bond acceptors (Lipinski definition) is 4. The fraction of sp³-hybridized carbons (Fsp3) is 0.471. The lowest BCUT2D eigenvalue weighted by atomic mass is 10.0. The molecule has 1 amide bonds. The number of hydroxylamine groups is 2. The van der Waals surface area contributed by atoms with Gasteiger partial charge in [-0.15, -0.1) is 0 Å². The summed E-state index contributed by atoms with van der Waals surface area (Å²) in [5.41, 5.74) is 1.24. The summed E-state index contributed by atoms with van der Waals surface area (Å²) in [6.45, 7) is 2.13. The van der Waals surface area contributed by atoms with Crippen LogP contribution in [0.1, 0.15) is 43.7 Å². The molecule has 0 saturated carbocycles. The van der Waals surface area contributed by atoms with Crippen LogP contribution in [0.5, 0.6) is 0 Å². The molecule has 0 aliphatic heterocycles. The Morgan fingerprint density at radius 2 is 1.96 bits per heavy atom. The highest BCUT2D eigenvalue weighted by atomic mass is 32.2. The molecule has 0 atom stereocenters. The number of carbonyl (C=O) groups is 1. The van der Waals surface area contributed by atoms with E-state index >= 15 is 0 Å². The number of rotatable bonds is 8. The van der Waals surface area contributed by atoms with Crippen LogP contribution in [-0.4, -0.2) is 37.9 Å². The number of sulfone groups is 1. The minimum atomic E-state index is -3.41. The van der Waals surface area contributed by atoms with Gasteiger partial charge in [0.2, 0.25) is 0 Å². The van der Waals surface area contributed by atoms with Crippen molar-refractivity contribution in [2.75, 3.05) is 13.3 Å². The smallest absolute Gasteiger partial charge is 0.269 e. The molecule has 1 rings (SSSR count). The van der Waals surface area contributed by atoms with Gasteiger partial charge in [0.25, 0.3) is 5.91 Å². The van der Waals surface area contributed by atoms with E-state index in [1.54, 1.807) is 12.1 Å². The van der Waals surface area contributed by atoms with Crippen LogP contribution in [0, 0.1) is 0 Å². The number of likely N-dealkylation sites (N-methyl/N-ethyl adjacent to an activating group) is 1. The summed E-state index contributed by atoms with van der Waals surface area (Å²) in [5, 5.41) is 9.51. The third kappa shape index (κ3) is 6.15. The van der Waals surface area contributed by atoms with Crippen molar-refractivity contribution in [3.63, 3.8) is 0 Å². The zero-order valence-corrected chi connectivity index (χ0v) is 14.8. The predicted octanol–water partition coefficient (Wildman–Crippen LogP) is 3.07. The van der Waals surface area contributed by atoms with Crippen LogP contribution in [0.25, 0.3) is 6.08 Å². The summed E-state index contributed by atoms with van der Waals surface area (Å²) < 4.78 is 24.3. The SMILES string of the molecule is CCCCCCc1cccc(/C=C/C(=O)N(C)O)c1S(C)(=O)=O. The van der Waals surface area contributed by atoms with Crippen LogP contribution >= 0.6 is 0 Å². The van der Waals surface area contributed by atoms with Gasteiger partial charge in [0.05, 0.1) is 4.90 Å². The van der Waals surface area contributed by atoms with Crippen LogP contribution in [0.3, 0.4) is 0 Å². The fourth-order valence-electron chi connectivity index (χ4n) is 2.40. The van der Waals surface area contributed by atoms with Gasteiger partial charge < -0.3 is 0 Å². The lowest BCUT2D eigenvalue weighted by Gasteiger charge is -2.11. The maximum atomic E-state index is 12.2. The maximum Gasteiger partial charge on any atom is 0.269 e. The van der Waals surface area contributed by atoms with Crippen LogP contribution < -0.4 is 0 Å². The zero-order valence-electron chi connectivity index (χ0n) is 13.9. The molecule has 1 aromatic carbocycles. The van der Waals surface area contributed by atoms with Crippen molar-refractivity contribution in [1.29, 1.82) is 0 Å². The van der Waals surface area contributed by atoms with E-state index in [9.17, 15) is 13.2 Å². The van der Waals surface area contributed by atoms with E-state index in [1.807, 2.05) is 6.07 Å². The van der Waals surface area contributed by atoms with Gasteiger partial charge in [-0.1, -0.05) is 44.4 Å². The van der Waals surface area contributed by atoms with Gasteiger partial charge in [-0.3, -0.25) is 10.0 Å². The van der Waals surface area contributed by atoms with Crippen LogP contribution in [0.4, 0.5) is 0 Å². The summed E-state index contributed by atoms with van der Waals surface area (Å²) in [5.74, 6) is -0.613. The van der Waals surface area contributed by atoms with Crippen molar-refractivity contribution >= 4 is 21.8 Å². The highest BCUT2D eigenvalue weighted by Crippen LogP contribution is 2.24. The first-order chi connectivity index (χ1) is 10.8. The van der Waals surface area contributed by atoms with E-state index in [0.717, 1.165) is 37.3 Å². The number of amides is 1. The molecule has 0 aliphatic rings. The Balaban J connectivity index is 3.13. The molecule has 0 unspecified atom stereocenters. The highest BCUT2D eigenvalue weighted by Gasteiger charge is 2.17. The minimum absolute atomic E-state index is 0.265. The summed E-state index contributed by atoms with van der Waals surface area (Å²) in [7, 11) is -2.20. The summed E-state index contributed by atoms with van der Waals surface area (Å²) in [6.07, 6.45) is 8.71. The van der Waals surface area contributed by atoms with Gasteiger partial charge in [0.15, 0.2) is 9.84 Å². The van der Waals surface area contributed by atoms with Crippen molar-refractivity contribution in [3.8, 4) is 0 Å². The maximum absolute atomic E-state index is 12.2. The van der Waals surface area contributed by atoms with Gasteiger partial charge in [0, 0.05) is 19.4 Å². The monoisotopic (exact) mass is 339 g/mol. The van der Waals surface area contributed by atoms with Crippen molar-refractivity contribution in [3.05, 3.63) is 35.4 Å². The quantitative estimate of drug-likeness (QED) is 0.342. The average molecular weight is 339 g/mol. The largest absolute Gasteiger partial charge is 0.286 e. The van der Waals surface area contributed by atoms with E-state index in [1.165, 1.54) is 19.4 Å². The number of benzene rings is 1. The van der Waals surface area contributed by atoms with Crippen LogP contribution in [0.2, 0.25) is 0 Å². The third-order valence-electron chi connectivity index (χ3n) is 3.52. The second kappa shape index (κ2) is 8.84. The Labute approximate surface area is 138 Å². The molecule has 23 heavy (non-hydrogen) atoms. The lowest BCUT2D eigenvalue weighted by Crippen LogP contribution is -2.19. The molecule has 0 saturated heterocycles. The van der Waals surface area contributed by atoms with E-state index in [0.29, 0.717) is 17.0 Å². The number of carbonyl (C=O) groups excluding carboxylic acids is 1. The molecule has 128 valence electrons. The second-order valence-electron chi connectivity index (χ2n) is 5.61. The van der Waals surface area contributed by atoms with Crippen LogP contribution in [0.15, 0.2) is 29.2 Å². The van der Waals surface area contributed by atoms with Gasteiger partial charge in [0.1, 0.15) is 0 Å². The van der Waals surface area contributed by atoms with E-state index in [4.69, 9.17) is 5.21 Å². The first kappa shape index (κ1) is 19.4. The standard InChI is InChI=1S/C17H25NO4S/c1-4-5-6-7-9-14-10-8-11-15(17(14)23(3,21)22)12-13-16(19)18(2)20/h8,10-13,20H,4-7,9H2,1-3H3/b13-12+.